The summed E-state index contributed by atoms with van der Waals surface area (Å²) in [5, 5.41) is 7.16. The number of methoxy groups -OCH3 is 1. The molecule has 23 heavy (non-hydrogen) atoms. The molecule has 0 saturated heterocycles. The molecule has 1 aromatic heterocycles. The smallest absolute Gasteiger partial charge is 0.256 e. The molecule has 116 valence electrons. The van der Waals surface area contributed by atoms with Gasteiger partial charge in [-0.2, -0.15) is 5.10 Å². The number of benzene rings is 2. The first kappa shape index (κ1) is 14.8. The predicted octanol–water partition coefficient (Wildman–Crippen LogP) is 3.19. The van der Waals surface area contributed by atoms with Gasteiger partial charge in [-0.15, -0.1) is 0 Å². The normalized spacial score (nSPS) is 10.3. The maximum Gasteiger partial charge on any atom is 0.256 e. The second-order valence-corrected chi connectivity index (χ2v) is 5.04. The number of hydrogen-bond donors (Lipinski definition) is 1. The minimum absolute atomic E-state index is 0.151. The van der Waals surface area contributed by atoms with Crippen molar-refractivity contribution < 1.29 is 9.53 Å². The van der Waals surface area contributed by atoms with Crippen molar-refractivity contribution in [1.82, 2.24) is 9.78 Å². The number of carbonyl (C=O) groups is 1. The monoisotopic (exact) mass is 307 g/mol. The van der Waals surface area contributed by atoms with E-state index in [1.54, 1.807) is 36.2 Å². The van der Waals surface area contributed by atoms with E-state index in [1.807, 2.05) is 42.5 Å². The average Bonchev–Trinajstić information content (AvgIpc) is 3.03. The van der Waals surface area contributed by atoms with E-state index < -0.39 is 0 Å². The number of rotatable bonds is 5. The molecule has 0 fully saturated rings. The summed E-state index contributed by atoms with van der Waals surface area (Å²) >= 11 is 0. The van der Waals surface area contributed by atoms with Gasteiger partial charge in [-0.3, -0.25) is 4.79 Å². The highest BCUT2D eigenvalue weighted by Crippen LogP contribution is 2.15. The van der Waals surface area contributed by atoms with Crippen LogP contribution in [0.25, 0.3) is 0 Å². The Morgan fingerprint density at radius 2 is 1.83 bits per heavy atom. The van der Waals surface area contributed by atoms with Crippen LogP contribution in [-0.4, -0.2) is 22.8 Å². The third-order valence-electron chi connectivity index (χ3n) is 3.49. The Morgan fingerprint density at radius 1 is 1.09 bits per heavy atom. The SMILES string of the molecule is COc1ccc(Cn2nccc2NC(=O)c2ccccc2)cc1. The summed E-state index contributed by atoms with van der Waals surface area (Å²) in [7, 11) is 1.64. The summed E-state index contributed by atoms with van der Waals surface area (Å²) in [5.74, 6) is 1.32. The summed E-state index contributed by atoms with van der Waals surface area (Å²) < 4.78 is 6.90. The van der Waals surface area contributed by atoms with Crippen molar-refractivity contribution in [3.63, 3.8) is 0 Å². The van der Waals surface area contributed by atoms with E-state index in [2.05, 4.69) is 10.4 Å². The van der Waals surface area contributed by atoms with E-state index in [4.69, 9.17) is 4.74 Å². The Labute approximate surface area is 134 Å². The number of ether oxygens (including phenoxy) is 1. The molecular formula is C18H17N3O2. The highest BCUT2D eigenvalue weighted by Gasteiger charge is 2.09. The Morgan fingerprint density at radius 3 is 2.52 bits per heavy atom. The lowest BCUT2D eigenvalue weighted by molar-refractivity contribution is 0.102. The summed E-state index contributed by atoms with van der Waals surface area (Å²) in [5.41, 5.74) is 1.69. The Bertz CT molecular complexity index is 780. The molecule has 5 heteroatoms. The van der Waals surface area contributed by atoms with Crippen molar-refractivity contribution in [1.29, 1.82) is 0 Å². The molecule has 0 aliphatic carbocycles. The van der Waals surface area contributed by atoms with Crippen LogP contribution in [0.4, 0.5) is 5.82 Å². The van der Waals surface area contributed by atoms with Gasteiger partial charge in [0.15, 0.2) is 0 Å². The second-order valence-electron chi connectivity index (χ2n) is 5.04. The topological polar surface area (TPSA) is 56.1 Å². The number of nitrogens with zero attached hydrogens (tertiary/aromatic N) is 2. The molecule has 0 aliphatic heterocycles. The summed E-state index contributed by atoms with van der Waals surface area (Å²) in [6.45, 7) is 0.571. The molecule has 3 aromatic rings. The maximum atomic E-state index is 12.2. The maximum absolute atomic E-state index is 12.2. The van der Waals surface area contributed by atoms with Gasteiger partial charge in [-0.1, -0.05) is 30.3 Å². The molecule has 0 bridgehead atoms. The van der Waals surface area contributed by atoms with Crippen LogP contribution in [0.1, 0.15) is 15.9 Å². The zero-order chi connectivity index (χ0) is 16.1. The summed E-state index contributed by atoms with van der Waals surface area (Å²) in [6.07, 6.45) is 1.67. The van der Waals surface area contributed by atoms with Crippen LogP contribution in [0.3, 0.4) is 0 Å². The van der Waals surface area contributed by atoms with Crippen LogP contribution in [0, 0.1) is 0 Å². The van der Waals surface area contributed by atoms with E-state index in [0.29, 0.717) is 17.9 Å². The van der Waals surface area contributed by atoms with Gasteiger partial charge >= 0.3 is 0 Å². The van der Waals surface area contributed by atoms with Gasteiger partial charge < -0.3 is 10.1 Å². The quantitative estimate of drug-likeness (QED) is 0.787. The van der Waals surface area contributed by atoms with Crippen LogP contribution in [-0.2, 0) is 6.54 Å². The standard InChI is InChI=1S/C18H17N3O2/c1-23-16-9-7-14(8-10-16)13-21-17(11-12-19-21)20-18(22)15-5-3-2-4-6-15/h2-12H,13H2,1H3,(H,20,22). The van der Waals surface area contributed by atoms with Crippen molar-refractivity contribution >= 4 is 11.7 Å². The molecule has 3 rings (SSSR count). The van der Waals surface area contributed by atoms with Crippen LogP contribution in [0.2, 0.25) is 0 Å². The number of hydrogen-bond acceptors (Lipinski definition) is 3. The first-order valence-electron chi connectivity index (χ1n) is 7.27. The van der Waals surface area contributed by atoms with E-state index >= 15 is 0 Å². The molecule has 2 aromatic carbocycles. The van der Waals surface area contributed by atoms with E-state index in [-0.39, 0.29) is 5.91 Å². The molecule has 1 heterocycles. The molecule has 0 spiro atoms. The van der Waals surface area contributed by atoms with Crippen molar-refractivity contribution in [2.45, 2.75) is 6.54 Å². The highest BCUT2D eigenvalue weighted by atomic mass is 16.5. The van der Waals surface area contributed by atoms with Crippen molar-refractivity contribution in [3.05, 3.63) is 78.0 Å². The largest absolute Gasteiger partial charge is 0.497 e. The van der Waals surface area contributed by atoms with Crippen LogP contribution >= 0.6 is 0 Å². The minimum atomic E-state index is -0.151. The van der Waals surface area contributed by atoms with E-state index in [0.717, 1.165) is 11.3 Å². The van der Waals surface area contributed by atoms with E-state index in [9.17, 15) is 4.79 Å². The predicted molar refractivity (Wildman–Crippen MR) is 88.7 cm³/mol. The number of aromatic nitrogens is 2. The van der Waals surface area contributed by atoms with Gasteiger partial charge in [0.2, 0.25) is 0 Å². The first-order valence-corrected chi connectivity index (χ1v) is 7.27. The molecule has 0 atom stereocenters. The summed E-state index contributed by atoms with van der Waals surface area (Å²) in [6, 6.07) is 18.6. The van der Waals surface area contributed by atoms with Gasteiger partial charge in [-0.05, 0) is 29.8 Å². The van der Waals surface area contributed by atoms with Gasteiger partial charge in [-0.25, -0.2) is 4.68 Å². The fourth-order valence-corrected chi connectivity index (χ4v) is 2.25. The van der Waals surface area contributed by atoms with Crippen LogP contribution < -0.4 is 10.1 Å². The van der Waals surface area contributed by atoms with Crippen molar-refractivity contribution in [2.24, 2.45) is 0 Å². The average molecular weight is 307 g/mol. The zero-order valence-electron chi connectivity index (χ0n) is 12.8. The highest BCUT2D eigenvalue weighted by molar-refractivity contribution is 6.03. The molecule has 0 saturated carbocycles. The van der Waals surface area contributed by atoms with Gasteiger partial charge in [0.05, 0.1) is 19.9 Å². The van der Waals surface area contributed by atoms with E-state index in [1.165, 1.54) is 0 Å². The van der Waals surface area contributed by atoms with Gasteiger partial charge in [0.1, 0.15) is 11.6 Å². The Hall–Kier alpha value is -3.08. The lowest BCUT2D eigenvalue weighted by Crippen LogP contribution is -2.16. The van der Waals surface area contributed by atoms with Crippen LogP contribution in [0.15, 0.2) is 66.9 Å². The number of carbonyl (C=O) groups excluding carboxylic acids is 1. The number of amides is 1. The third-order valence-corrected chi connectivity index (χ3v) is 3.49. The second kappa shape index (κ2) is 6.79. The Kier molecular flexibility index (Phi) is 4.38. The lowest BCUT2D eigenvalue weighted by atomic mass is 10.2. The molecule has 1 N–H and O–H groups in total. The molecule has 5 nitrogen and oxygen atoms in total. The van der Waals surface area contributed by atoms with Gasteiger partial charge in [0, 0.05) is 11.6 Å². The molecular weight excluding hydrogens is 290 g/mol. The molecule has 0 radical (unpaired) electrons. The minimum Gasteiger partial charge on any atom is -0.497 e. The molecule has 0 unspecified atom stereocenters. The van der Waals surface area contributed by atoms with Crippen LogP contribution in [0.5, 0.6) is 5.75 Å². The number of anilines is 1. The molecule has 0 aliphatic rings. The van der Waals surface area contributed by atoms with Crippen molar-refractivity contribution in [3.8, 4) is 5.75 Å². The fourth-order valence-electron chi connectivity index (χ4n) is 2.25. The Balaban J connectivity index is 1.73. The number of nitrogens with one attached hydrogen (secondary N) is 1. The zero-order valence-corrected chi connectivity index (χ0v) is 12.8. The fraction of sp³-hybridized carbons (Fsp3) is 0.111. The third kappa shape index (κ3) is 3.58. The van der Waals surface area contributed by atoms with Gasteiger partial charge in [0.25, 0.3) is 5.91 Å². The molecule has 1 amide bonds. The lowest BCUT2D eigenvalue weighted by Gasteiger charge is -2.09. The van der Waals surface area contributed by atoms with Crippen molar-refractivity contribution in [2.75, 3.05) is 12.4 Å². The first-order chi connectivity index (χ1) is 11.3. The summed E-state index contributed by atoms with van der Waals surface area (Å²) in [4.78, 5) is 12.2.